The van der Waals surface area contributed by atoms with Crippen molar-refractivity contribution in [3.63, 3.8) is 0 Å². The van der Waals surface area contributed by atoms with E-state index in [-0.39, 0.29) is 12.1 Å². The molecule has 20 heavy (non-hydrogen) atoms. The van der Waals surface area contributed by atoms with Crippen LogP contribution in [-0.4, -0.2) is 6.61 Å². The minimum atomic E-state index is -0.0136. The summed E-state index contributed by atoms with van der Waals surface area (Å²) in [6.07, 6.45) is 0.771. The summed E-state index contributed by atoms with van der Waals surface area (Å²) in [4.78, 5) is 0. The second kappa shape index (κ2) is 5.55. The first kappa shape index (κ1) is 13.0. The molecule has 104 valence electrons. The molecule has 3 rings (SSSR count). The van der Waals surface area contributed by atoms with Crippen LogP contribution < -0.4 is 15.2 Å². The number of ether oxygens (including phenoxy) is 2. The number of para-hydroxylation sites is 1. The van der Waals surface area contributed by atoms with Gasteiger partial charge >= 0.3 is 0 Å². The molecule has 3 nitrogen and oxygen atoms in total. The molecule has 1 aliphatic heterocycles. The second-order valence-corrected chi connectivity index (χ2v) is 4.99. The zero-order valence-electron chi connectivity index (χ0n) is 11.6. The van der Waals surface area contributed by atoms with Crippen molar-refractivity contribution in [2.45, 2.75) is 25.5 Å². The fourth-order valence-electron chi connectivity index (χ4n) is 2.63. The Labute approximate surface area is 119 Å². The molecule has 0 fully saturated rings. The molecule has 2 aromatic carbocycles. The number of rotatable bonds is 3. The van der Waals surface area contributed by atoms with E-state index in [2.05, 4.69) is 6.07 Å². The molecule has 0 amide bonds. The van der Waals surface area contributed by atoms with Gasteiger partial charge in [0.2, 0.25) is 0 Å². The molecule has 1 unspecified atom stereocenters. The molecular weight excluding hydrogens is 250 g/mol. The number of hydrogen-bond donors (Lipinski definition) is 1. The van der Waals surface area contributed by atoms with Crippen molar-refractivity contribution in [3.05, 3.63) is 59.7 Å². The number of benzene rings is 2. The predicted molar refractivity (Wildman–Crippen MR) is 79.0 cm³/mol. The van der Waals surface area contributed by atoms with Crippen LogP contribution in [0.2, 0.25) is 0 Å². The van der Waals surface area contributed by atoms with Gasteiger partial charge in [0.15, 0.2) is 0 Å². The van der Waals surface area contributed by atoms with Crippen molar-refractivity contribution in [2.75, 3.05) is 6.61 Å². The largest absolute Gasteiger partial charge is 0.494 e. The SMILES string of the molecule is CCOc1cccc(C2C[C@@H](N)c3ccccc3O2)c1. The van der Waals surface area contributed by atoms with E-state index in [0.717, 1.165) is 29.0 Å². The van der Waals surface area contributed by atoms with Gasteiger partial charge in [0.05, 0.1) is 6.61 Å². The Hall–Kier alpha value is -2.00. The van der Waals surface area contributed by atoms with E-state index < -0.39 is 0 Å². The normalized spacial score (nSPS) is 20.9. The summed E-state index contributed by atoms with van der Waals surface area (Å²) < 4.78 is 11.6. The Morgan fingerprint density at radius 3 is 2.90 bits per heavy atom. The molecule has 2 N–H and O–H groups in total. The van der Waals surface area contributed by atoms with E-state index in [1.165, 1.54) is 0 Å². The van der Waals surface area contributed by atoms with Crippen LogP contribution in [-0.2, 0) is 0 Å². The molecule has 3 heteroatoms. The van der Waals surface area contributed by atoms with Gasteiger partial charge in [-0.05, 0) is 30.7 Å². The topological polar surface area (TPSA) is 44.5 Å². The molecule has 0 bridgehead atoms. The maximum absolute atomic E-state index is 6.26. The fourth-order valence-corrected chi connectivity index (χ4v) is 2.63. The molecule has 2 atom stereocenters. The van der Waals surface area contributed by atoms with Crippen molar-refractivity contribution in [1.82, 2.24) is 0 Å². The summed E-state index contributed by atoms with van der Waals surface area (Å²) in [5.41, 5.74) is 8.46. The smallest absolute Gasteiger partial charge is 0.126 e. The van der Waals surface area contributed by atoms with Crippen LogP contribution in [0.3, 0.4) is 0 Å². The number of hydrogen-bond acceptors (Lipinski definition) is 3. The molecule has 0 radical (unpaired) electrons. The maximum Gasteiger partial charge on any atom is 0.126 e. The second-order valence-electron chi connectivity index (χ2n) is 4.99. The minimum Gasteiger partial charge on any atom is -0.494 e. The van der Waals surface area contributed by atoms with Crippen molar-refractivity contribution in [2.24, 2.45) is 5.73 Å². The van der Waals surface area contributed by atoms with Crippen LogP contribution in [0.5, 0.6) is 11.5 Å². The lowest BCUT2D eigenvalue weighted by molar-refractivity contribution is 0.161. The van der Waals surface area contributed by atoms with Crippen LogP contribution in [0, 0.1) is 0 Å². The van der Waals surface area contributed by atoms with Gasteiger partial charge in [0.1, 0.15) is 17.6 Å². The molecule has 2 aromatic rings. The van der Waals surface area contributed by atoms with Crippen molar-refractivity contribution in [1.29, 1.82) is 0 Å². The third-order valence-corrected chi connectivity index (χ3v) is 3.60. The van der Waals surface area contributed by atoms with Crippen LogP contribution in [0.1, 0.15) is 36.6 Å². The van der Waals surface area contributed by atoms with E-state index >= 15 is 0 Å². The first-order chi connectivity index (χ1) is 9.78. The Bertz CT molecular complexity index is 597. The molecule has 1 heterocycles. The summed E-state index contributed by atoms with van der Waals surface area (Å²) in [6, 6.07) is 16.1. The lowest BCUT2D eigenvalue weighted by Crippen LogP contribution is -2.24. The fraction of sp³-hybridized carbons (Fsp3) is 0.294. The van der Waals surface area contributed by atoms with E-state index in [1.54, 1.807) is 0 Å². The summed E-state index contributed by atoms with van der Waals surface area (Å²) in [5, 5.41) is 0. The Kier molecular flexibility index (Phi) is 3.61. The lowest BCUT2D eigenvalue weighted by Gasteiger charge is -2.30. The first-order valence-corrected chi connectivity index (χ1v) is 7.02. The highest BCUT2D eigenvalue weighted by atomic mass is 16.5. The van der Waals surface area contributed by atoms with Gasteiger partial charge in [0, 0.05) is 18.0 Å². The van der Waals surface area contributed by atoms with Crippen molar-refractivity contribution < 1.29 is 9.47 Å². The maximum atomic E-state index is 6.26. The highest BCUT2D eigenvalue weighted by Gasteiger charge is 2.26. The van der Waals surface area contributed by atoms with Crippen molar-refractivity contribution >= 4 is 0 Å². The third kappa shape index (κ3) is 2.49. The Morgan fingerprint density at radius 1 is 1.20 bits per heavy atom. The quantitative estimate of drug-likeness (QED) is 0.925. The van der Waals surface area contributed by atoms with E-state index in [9.17, 15) is 0 Å². The van der Waals surface area contributed by atoms with Crippen LogP contribution in [0.15, 0.2) is 48.5 Å². The molecule has 1 aliphatic rings. The van der Waals surface area contributed by atoms with Gasteiger partial charge in [-0.25, -0.2) is 0 Å². The molecule has 0 aliphatic carbocycles. The minimum absolute atomic E-state index is 0.0136. The third-order valence-electron chi connectivity index (χ3n) is 3.60. The average molecular weight is 269 g/mol. The summed E-state index contributed by atoms with van der Waals surface area (Å²) in [5.74, 6) is 1.76. The summed E-state index contributed by atoms with van der Waals surface area (Å²) >= 11 is 0. The van der Waals surface area contributed by atoms with Gasteiger partial charge in [0.25, 0.3) is 0 Å². The predicted octanol–water partition coefficient (Wildman–Crippen LogP) is 3.61. The number of nitrogens with two attached hydrogens (primary N) is 1. The highest BCUT2D eigenvalue weighted by Crippen LogP contribution is 2.39. The molecular formula is C17H19NO2. The molecule has 0 spiro atoms. The van der Waals surface area contributed by atoms with Gasteiger partial charge in [-0.2, -0.15) is 0 Å². The first-order valence-electron chi connectivity index (χ1n) is 7.02. The molecule has 0 aromatic heterocycles. The monoisotopic (exact) mass is 269 g/mol. The van der Waals surface area contributed by atoms with Gasteiger partial charge in [-0.3, -0.25) is 0 Å². The van der Waals surface area contributed by atoms with E-state index in [4.69, 9.17) is 15.2 Å². The van der Waals surface area contributed by atoms with Gasteiger partial charge in [-0.15, -0.1) is 0 Å². The van der Waals surface area contributed by atoms with E-state index in [0.29, 0.717) is 6.61 Å². The van der Waals surface area contributed by atoms with Gasteiger partial charge in [-0.1, -0.05) is 30.3 Å². The van der Waals surface area contributed by atoms with Crippen LogP contribution >= 0.6 is 0 Å². The number of fused-ring (bicyclic) bond motifs is 1. The average Bonchev–Trinajstić information content (AvgIpc) is 2.48. The molecule has 0 saturated carbocycles. The molecule has 0 saturated heterocycles. The zero-order valence-corrected chi connectivity index (χ0v) is 11.6. The summed E-state index contributed by atoms with van der Waals surface area (Å²) in [7, 11) is 0. The van der Waals surface area contributed by atoms with Gasteiger partial charge < -0.3 is 15.2 Å². The highest BCUT2D eigenvalue weighted by molar-refractivity contribution is 5.40. The Balaban J connectivity index is 1.87. The zero-order chi connectivity index (χ0) is 13.9. The lowest BCUT2D eigenvalue weighted by atomic mass is 9.93. The summed E-state index contributed by atoms with van der Waals surface area (Å²) in [6.45, 7) is 2.65. The van der Waals surface area contributed by atoms with E-state index in [1.807, 2.05) is 49.4 Å². The van der Waals surface area contributed by atoms with Crippen molar-refractivity contribution in [3.8, 4) is 11.5 Å². The Morgan fingerprint density at radius 2 is 2.05 bits per heavy atom. The standard InChI is InChI=1S/C17H19NO2/c1-2-19-13-7-5-6-12(10-13)17-11-15(18)14-8-3-4-9-16(14)20-17/h3-10,15,17H,2,11,18H2,1H3/t15-,17?/m1/s1. The van der Waals surface area contributed by atoms with Crippen LogP contribution in [0.4, 0.5) is 0 Å². The van der Waals surface area contributed by atoms with Crippen LogP contribution in [0.25, 0.3) is 0 Å².